The van der Waals surface area contributed by atoms with Crippen molar-refractivity contribution in [2.75, 3.05) is 6.61 Å². The van der Waals surface area contributed by atoms with Gasteiger partial charge in [0.15, 0.2) is 6.23 Å². The maximum atomic E-state index is 13.2. The molecular formula is C19H22N3O15P3S. The van der Waals surface area contributed by atoms with Gasteiger partial charge in [0.05, 0.1) is 13.2 Å². The van der Waals surface area contributed by atoms with Crippen molar-refractivity contribution in [2.24, 2.45) is 0 Å². The number of rotatable bonds is 11. The van der Waals surface area contributed by atoms with Crippen molar-refractivity contribution in [1.29, 1.82) is 0 Å². The second-order valence-corrected chi connectivity index (χ2v) is 13.9. The van der Waals surface area contributed by atoms with Crippen molar-refractivity contribution >= 4 is 34.8 Å². The Labute approximate surface area is 233 Å². The van der Waals surface area contributed by atoms with Gasteiger partial charge in [0.1, 0.15) is 23.3 Å². The number of phosphoric ester groups is 1. The van der Waals surface area contributed by atoms with Crippen LogP contribution >= 0.6 is 34.8 Å². The highest BCUT2D eigenvalue weighted by Gasteiger charge is 2.47. The van der Waals surface area contributed by atoms with Crippen LogP contribution in [-0.2, 0) is 38.1 Å². The molecule has 6 N–H and O–H groups in total. The number of aliphatic hydroxyl groups excluding tert-OH is 2. The summed E-state index contributed by atoms with van der Waals surface area (Å²) in [4.78, 5) is 66.5. The molecule has 0 amide bonds. The normalized spacial score (nSPS) is 24.1. The molecule has 0 saturated carbocycles. The molecule has 2 aromatic heterocycles. The van der Waals surface area contributed by atoms with Gasteiger partial charge in [-0.1, -0.05) is 30.3 Å². The third-order valence-electron chi connectivity index (χ3n) is 5.41. The monoisotopic (exact) mass is 657 g/mol. The number of nitrogens with zero attached hydrogens (tertiary/aromatic N) is 3. The minimum Gasteiger partial charge on any atom is -0.387 e. The van der Waals surface area contributed by atoms with Gasteiger partial charge in [-0.05, 0) is 0 Å². The van der Waals surface area contributed by atoms with Gasteiger partial charge < -0.3 is 34.5 Å². The number of aromatic nitrogens is 3. The van der Waals surface area contributed by atoms with Crippen LogP contribution in [0.5, 0.6) is 0 Å². The highest BCUT2D eigenvalue weighted by atomic mass is 32.1. The van der Waals surface area contributed by atoms with E-state index in [1.807, 2.05) is 30.3 Å². The third-order valence-corrected chi connectivity index (χ3v) is 10.2. The molecule has 1 aromatic carbocycles. The van der Waals surface area contributed by atoms with Crippen LogP contribution < -0.4 is 11.2 Å². The molecule has 0 spiro atoms. The van der Waals surface area contributed by atoms with Crippen LogP contribution in [0.2, 0.25) is 0 Å². The Morgan fingerprint density at radius 1 is 0.951 bits per heavy atom. The van der Waals surface area contributed by atoms with Crippen LogP contribution in [0.1, 0.15) is 11.1 Å². The quantitative estimate of drug-likeness (QED) is 0.150. The van der Waals surface area contributed by atoms with Gasteiger partial charge >= 0.3 is 29.2 Å². The standard InChI is InChI=1S/C19H22N3O15P3S/c23-14-6-7-21(19(26)22(14)9-12-8-20-17(41-12)11-4-2-1-3-5-11)18-16(25)15(24)13(35-18)10-34-39(30,31)37-40(32,33)36-38(27,28)29/h1-8,13,15-16,18,24-25H,9-10H2,(H,30,31)(H,32,33)(H2,27,28,29)/t13-,15?,16+,18-/m1/s1. The SMILES string of the molecule is O=c1ccn([C@@H]2O[C@H](COP(=O)(O)OP(=O)(O)OP(=O)(O)O)C(O)[C@@H]2O)c(=O)n1Cc1cnc(-c2ccccc2)s1. The second kappa shape index (κ2) is 12.2. The Hall–Kier alpha value is -2.18. The van der Waals surface area contributed by atoms with E-state index in [4.69, 9.17) is 14.5 Å². The van der Waals surface area contributed by atoms with Crippen molar-refractivity contribution in [2.45, 2.75) is 31.1 Å². The lowest BCUT2D eigenvalue weighted by atomic mass is 10.1. The minimum absolute atomic E-state index is 0.177. The van der Waals surface area contributed by atoms with E-state index in [1.165, 1.54) is 17.5 Å². The zero-order valence-electron chi connectivity index (χ0n) is 20.3. The molecule has 4 rings (SSSR count). The molecule has 1 fully saturated rings. The van der Waals surface area contributed by atoms with E-state index in [0.717, 1.165) is 27.0 Å². The first-order chi connectivity index (χ1) is 19.1. The van der Waals surface area contributed by atoms with Crippen molar-refractivity contribution < 1.29 is 61.4 Å². The molecule has 18 nitrogen and oxygen atoms in total. The number of benzene rings is 1. The van der Waals surface area contributed by atoms with Crippen LogP contribution in [-0.4, -0.2) is 68.8 Å². The van der Waals surface area contributed by atoms with Crippen molar-refractivity contribution in [3.05, 3.63) is 74.5 Å². The van der Waals surface area contributed by atoms with Gasteiger partial charge in [-0.2, -0.15) is 8.62 Å². The van der Waals surface area contributed by atoms with Crippen LogP contribution in [0.25, 0.3) is 10.6 Å². The molecule has 1 saturated heterocycles. The lowest BCUT2D eigenvalue weighted by molar-refractivity contribution is -0.0547. The van der Waals surface area contributed by atoms with Crippen LogP contribution in [0.3, 0.4) is 0 Å². The molecule has 3 aromatic rings. The Morgan fingerprint density at radius 3 is 2.29 bits per heavy atom. The van der Waals surface area contributed by atoms with Crippen LogP contribution in [0, 0.1) is 0 Å². The first kappa shape index (κ1) is 31.7. The average Bonchev–Trinajstić information content (AvgIpc) is 3.44. The largest absolute Gasteiger partial charge is 0.490 e. The molecule has 0 aliphatic carbocycles. The highest BCUT2D eigenvalue weighted by Crippen LogP contribution is 2.66. The highest BCUT2D eigenvalue weighted by molar-refractivity contribution is 7.66. The summed E-state index contributed by atoms with van der Waals surface area (Å²) in [5.74, 6) is 0. The van der Waals surface area contributed by atoms with E-state index >= 15 is 0 Å². The number of aliphatic hydroxyl groups is 2. The summed E-state index contributed by atoms with van der Waals surface area (Å²) in [6, 6.07) is 10.2. The number of hydrogen-bond donors (Lipinski definition) is 6. The minimum atomic E-state index is -5.78. The van der Waals surface area contributed by atoms with Gasteiger partial charge in [0.25, 0.3) is 5.56 Å². The van der Waals surface area contributed by atoms with Gasteiger partial charge in [-0.15, -0.1) is 11.3 Å². The predicted molar refractivity (Wildman–Crippen MR) is 137 cm³/mol. The molecule has 0 bridgehead atoms. The summed E-state index contributed by atoms with van der Waals surface area (Å²) in [5.41, 5.74) is -0.782. The van der Waals surface area contributed by atoms with E-state index in [1.54, 1.807) is 0 Å². The number of thiazole rings is 1. The van der Waals surface area contributed by atoms with Gasteiger partial charge in [0, 0.05) is 28.9 Å². The number of phosphoric acid groups is 3. The zero-order chi connectivity index (χ0) is 30.2. The van der Waals surface area contributed by atoms with E-state index in [9.17, 15) is 43.3 Å². The fourth-order valence-electron chi connectivity index (χ4n) is 3.69. The zero-order valence-corrected chi connectivity index (χ0v) is 23.8. The van der Waals surface area contributed by atoms with Crippen molar-refractivity contribution in [3.63, 3.8) is 0 Å². The van der Waals surface area contributed by atoms with E-state index in [0.29, 0.717) is 9.88 Å². The summed E-state index contributed by atoms with van der Waals surface area (Å²) in [6.45, 7) is -1.25. The average molecular weight is 657 g/mol. The van der Waals surface area contributed by atoms with Crippen molar-refractivity contribution in [1.82, 2.24) is 14.1 Å². The predicted octanol–water partition coefficient (Wildman–Crippen LogP) is 0.144. The molecule has 6 atom stereocenters. The molecule has 3 unspecified atom stereocenters. The Kier molecular flexibility index (Phi) is 9.45. The fourth-order valence-corrected chi connectivity index (χ4v) is 7.63. The van der Waals surface area contributed by atoms with Crippen molar-refractivity contribution in [3.8, 4) is 10.6 Å². The summed E-state index contributed by atoms with van der Waals surface area (Å²) in [5, 5.41) is 21.5. The number of hydrogen-bond acceptors (Lipinski definition) is 13. The van der Waals surface area contributed by atoms with E-state index in [2.05, 4.69) is 18.1 Å². The molecule has 3 heterocycles. The van der Waals surface area contributed by atoms with E-state index in [-0.39, 0.29) is 6.54 Å². The van der Waals surface area contributed by atoms with Crippen LogP contribution in [0.15, 0.2) is 58.4 Å². The topological polar surface area (TPSA) is 266 Å². The second-order valence-electron chi connectivity index (χ2n) is 8.36. The molecule has 1 aliphatic rings. The maximum Gasteiger partial charge on any atom is 0.490 e. The Bertz CT molecular complexity index is 1650. The fraction of sp³-hybridized carbons (Fsp3) is 0.316. The molecule has 1 aliphatic heterocycles. The molecule has 22 heteroatoms. The van der Waals surface area contributed by atoms with Gasteiger partial charge in [0.2, 0.25) is 0 Å². The summed E-state index contributed by atoms with van der Waals surface area (Å²) in [7, 11) is -16.9. The van der Waals surface area contributed by atoms with Gasteiger partial charge in [-0.3, -0.25) is 18.5 Å². The number of ether oxygens (including phenoxy) is 1. The van der Waals surface area contributed by atoms with Gasteiger partial charge in [-0.25, -0.2) is 23.5 Å². The summed E-state index contributed by atoms with van der Waals surface area (Å²) >= 11 is 1.24. The lowest BCUT2D eigenvalue weighted by Crippen LogP contribution is -2.43. The molecule has 0 radical (unpaired) electrons. The third kappa shape index (κ3) is 8.01. The summed E-state index contributed by atoms with van der Waals surface area (Å²) < 4.78 is 52.8. The molecular weight excluding hydrogens is 635 g/mol. The lowest BCUT2D eigenvalue weighted by Gasteiger charge is -2.19. The summed E-state index contributed by atoms with van der Waals surface area (Å²) in [6.07, 6.45) is -4.38. The van der Waals surface area contributed by atoms with E-state index < -0.39 is 65.9 Å². The Balaban J connectivity index is 1.48. The molecule has 41 heavy (non-hydrogen) atoms. The molecule has 224 valence electrons. The maximum absolute atomic E-state index is 13.2. The smallest absolute Gasteiger partial charge is 0.387 e. The first-order valence-electron chi connectivity index (χ1n) is 11.2. The van der Waals surface area contributed by atoms with Crippen LogP contribution in [0.4, 0.5) is 0 Å². The first-order valence-corrected chi connectivity index (χ1v) is 16.5. The Morgan fingerprint density at radius 2 is 1.63 bits per heavy atom.